The molecule has 1 aromatic heterocycles. The molecular formula is C14H18N4. The van der Waals surface area contributed by atoms with Crippen LogP contribution < -0.4 is 16.6 Å². The molecule has 0 spiro atoms. The number of hydrazine groups is 1. The first-order valence-electron chi connectivity index (χ1n) is 6.07. The van der Waals surface area contributed by atoms with Gasteiger partial charge < -0.3 is 10.7 Å². The quantitative estimate of drug-likeness (QED) is 0.557. The number of rotatable bonds is 5. The van der Waals surface area contributed by atoms with E-state index in [2.05, 4.69) is 46.9 Å². The maximum atomic E-state index is 5.32. The Kier molecular flexibility index (Phi) is 4.15. The van der Waals surface area contributed by atoms with Crippen molar-refractivity contribution < 1.29 is 0 Å². The molecule has 0 bridgehead atoms. The van der Waals surface area contributed by atoms with Gasteiger partial charge in [-0.25, -0.2) is 10.8 Å². The normalized spacial score (nSPS) is 10.1. The molecule has 4 heteroatoms. The number of benzene rings is 1. The summed E-state index contributed by atoms with van der Waals surface area (Å²) >= 11 is 0. The minimum Gasteiger partial charge on any atom is -0.366 e. The van der Waals surface area contributed by atoms with Gasteiger partial charge in [0.25, 0.3) is 0 Å². The summed E-state index contributed by atoms with van der Waals surface area (Å²) < 4.78 is 0. The topological polar surface area (TPSA) is 63.0 Å². The van der Waals surface area contributed by atoms with Crippen molar-refractivity contribution >= 4 is 11.6 Å². The highest BCUT2D eigenvalue weighted by Gasteiger charge is 1.97. The van der Waals surface area contributed by atoms with Gasteiger partial charge in [-0.05, 0) is 29.7 Å². The van der Waals surface area contributed by atoms with Gasteiger partial charge in [-0.3, -0.25) is 0 Å². The first-order valence-corrected chi connectivity index (χ1v) is 6.07. The molecule has 0 radical (unpaired) electrons. The summed E-state index contributed by atoms with van der Waals surface area (Å²) in [6.07, 6.45) is 1.07. The summed E-state index contributed by atoms with van der Waals surface area (Å²) in [6.45, 7) is 2.91. The van der Waals surface area contributed by atoms with Crippen LogP contribution in [0.15, 0.2) is 42.5 Å². The zero-order chi connectivity index (χ0) is 12.8. The van der Waals surface area contributed by atoms with Gasteiger partial charge in [0, 0.05) is 6.54 Å². The number of aryl methyl sites for hydroxylation is 1. The van der Waals surface area contributed by atoms with Crippen molar-refractivity contribution in [2.45, 2.75) is 19.9 Å². The largest absolute Gasteiger partial charge is 0.366 e. The second-order valence-corrected chi connectivity index (χ2v) is 4.08. The molecule has 4 N–H and O–H groups in total. The second kappa shape index (κ2) is 6.02. The van der Waals surface area contributed by atoms with Crippen LogP contribution in [-0.2, 0) is 13.0 Å². The van der Waals surface area contributed by atoms with Crippen LogP contribution in [0.4, 0.5) is 11.6 Å². The van der Waals surface area contributed by atoms with Gasteiger partial charge in [0.15, 0.2) is 0 Å². The van der Waals surface area contributed by atoms with E-state index in [-0.39, 0.29) is 0 Å². The lowest BCUT2D eigenvalue weighted by molar-refractivity contribution is 1.09. The molecule has 0 amide bonds. The van der Waals surface area contributed by atoms with E-state index in [1.54, 1.807) is 0 Å². The number of pyridine rings is 1. The van der Waals surface area contributed by atoms with E-state index in [0.29, 0.717) is 5.82 Å². The predicted octanol–water partition coefficient (Wildman–Crippen LogP) is 2.54. The number of nitrogens with zero attached hydrogens (tertiary/aromatic N) is 1. The Morgan fingerprint density at radius 3 is 2.33 bits per heavy atom. The van der Waals surface area contributed by atoms with Crippen LogP contribution in [0.3, 0.4) is 0 Å². The molecule has 0 saturated heterocycles. The van der Waals surface area contributed by atoms with E-state index in [0.717, 1.165) is 18.8 Å². The number of hydrogen-bond donors (Lipinski definition) is 3. The Balaban J connectivity index is 1.97. The SMILES string of the molecule is CCc1ccc(CNc2cccc(NN)n2)cc1. The van der Waals surface area contributed by atoms with Gasteiger partial charge >= 0.3 is 0 Å². The van der Waals surface area contributed by atoms with E-state index in [9.17, 15) is 0 Å². The predicted molar refractivity (Wildman–Crippen MR) is 75.2 cm³/mol. The summed E-state index contributed by atoms with van der Waals surface area (Å²) in [7, 11) is 0. The highest BCUT2D eigenvalue weighted by molar-refractivity contribution is 5.44. The van der Waals surface area contributed by atoms with Gasteiger partial charge in [-0.15, -0.1) is 0 Å². The van der Waals surface area contributed by atoms with Gasteiger partial charge in [0.05, 0.1) is 0 Å². The summed E-state index contributed by atoms with van der Waals surface area (Å²) in [5.74, 6) is 6.78. The third kappa shape index (κ3) is 3.21. The Hall–Kier alpha value is -2.07. The molecule has 2 rings (SSSR count). The van der Waals surface area contributed by atoms with E-state index in [1.165, 1.54) is 11.1 Å². The second-order valence-electron chi connectivity index (χ2n) is 4.08. The third-order valence-corrected chi connectivity index (χ3v) is 2.80. The molecule has 0 unspecified atom stereocenters. The molecular weight excluding hydrogens is 224 g/mol. The van der Waals surface area contributed by atoms with Crippen molar-refractivity contribution in [1.29, 1.82) is 0 Å². The Morgan fingerprint density at radius 1 is 1.00 bits per heavy atom. The Bertz CT molecular complexity index is 493. The zero-order valence-electron chi connectivity index (χ0n) is 10.5. The lowest BCUT2D eigenvalue weighted by atomic mass is 10.1. The maximum Gasteiger partial charge on any atom is 0.142 e. The number of nitrogen functional groups attached to an aromatic ring is 1. The number of nitrogens with two attached hydrogens (primary N) is 1. The van der Waals surface area contributed by atoms with E-state index in [4.69, 9.17) is 5.84 Å². The molecule has 1 heterocycles. The Labute approximate surface area is 107 Å². The van der Waals surface area contributed by atoms with E-state index in [1.807, 2.05) is 18.2 Å². The first-order chi connectivity index (χ1) is 8.81. The smallest absolute Gasteiger partial charge is 0.142 e. The van der Waals surface area contributed by atoms with Crippen molar-refractivity contribution in [3.8, 4) is 0 Å². The maximum absolute atomic E-state index is 5.32. The van der Waals surface area contributed by atoms with Crippen LogP contribution >= 0.6 is 0 Å². The molecule has 18 heavy (non-hydrogen) atoms. The third-order valence-electron chi connectivity index (χ3n) is 2.80. The highest BCUT2D eigenvalue weighted by Crippen LogP contribution is 2.10. The Morgan fingerprint density at radius 2 is 1.67 bits per heavy atom. The fourth-order valence-electron chi connectivity index (χ4n) is 1.70. The zero-order valence-corrected chi connectivity index (χ0v) is 10.5. The van der Waals surface area contributed by atoms with Gasteiger partial charge in [-0.1, -0.05) is 37.3 Å². The van der Waals surface area contributed by atoms with Crippen molar-refractivity contribution in [1.82, 2.24) is 4.98 Å². The standard InChI is InChI=1S/C14H18N4/c1-2-11-6-8-12(9-7-11)10-16-13-4-3-5-14(17-13)18-15/h3-9H,2,10,15H2,1H3,(H2,16,17,18). The number of aromatic nitrogens is 1. The summed E-state index contributed by atoms with van der Waals surface area (Å²) in [5, 5.41) is 3.27. The molecule has 4 nitrogen and oxygen atoms in total. The van der Waals surface area contributed by atoms with Crippen LogP contribution in [0.25, 0.3) is 0 Å². The molecule has 1 aromatic carbocycles. The first kappa shape index (κ1) is 12.4. The van der Waals surface area contributed by atoms with Gasteiger partial charge in [-0.2, -0.15) is 0 Å². The van der Waals surface area contributed by atoms with Crippen LogP contribution in [0.1, 0.15) is 18.1 Å². The molecule has 0 atom stereocenters. The monoisotopic (exact) mass is 242 g/mol. The van der Waals surface area contributed by atoms with E-state index >= 15 is 0 Å². The molecule has 0 aliphatic carbocycles. The molecule has 0 aliphatic rings. The van der Waals surface area contributed by atoms with Gasteiger partial charge in [0.2, 0.25) is 0 Å². The van der Waals surface area contributed by atoms with Crippen LogP contribution in [0.2, 0.25) is 0 Å². The fourth-order valence-corrected chi connectivity index (χ4v) is 1.70. The van der Waals surface area contributed by atoms with Crippen LogP contribution in [0.5, 0.6) is 0 Å². The molecule has 0 fully saturated rings. The molecule has 2 aromatic rings. The molecule has 94 valence electrons. The van der Waals surface area contributed by atoms with Crippen LogP contribution in [-0.4, -0.2) is 4.98 Å². The van der Waals surface area contributed by atoms with Crippen LogP contribution in [0, 0.1) is 0 Å². The summed E-state index contributed by atoms with van der Waals surface area (Å²) in [6, 6.07) is 14.2. The lowest BCUT2D eigenvalue weighted by Gasteiger charge is -2.07. The number of anilines is 2. The van der Waals surface area contributed by atoms with E-state index < -0.39 is 0 Å². The van der Waals surface area contributed by atoms with Crippen molar-refractivity contribution in [3.05, 3.63) is 53.6 Å². The fraction of sp³-hybridized carbons (Fsp3) is 0.214. The molecule has 0 aliphatic heterocycles. The minimum atomic E-state index is 0.654. The summed E-state index contributed by atoms with van der Waals surface area (Å²) in [5.41, 5.74) is 5.12. The minimum absolute atomic E-state index is 0.654. The lowest BCUT2D eigenvalue weighted by Crippen LogP contribution is -2.09. The highest BCUT2D eigenvalue weighted by atomic mass is 15.3. The number of hydrogen-bond acceptors (Lipinski definition) is 4. The average molecular weight is 242 g/mol. The number of nitrogens with one attached hydrogen (secondary N) is 2. The van der Waals surface area contributed by atoms with Crippen molar-refractivity contribution in [3.63, 3.8) is 0 Å². The van der Waals surface area contributed by atoms with Gasteiger partial charge in [0.1, 0.15) is 11.6 Å². The van der Waals surface area contributed by atoms with Crippen molar-refractivity contribution in [2.75, 3.05) is 10.7 Å². The van der Waals surface area contributed by atoms with Crippen molar-refractivity contribution in [2.24, 2.45) is 5.84 Å². The summed E-state index contributed by atoms with van der Waals surface area (Å²) in [4.78, 5) is 4.29. The average Bonchev–Trinajstić information content (AvgIpc) is 2.46. The molecule has 0 saturated carbocycles.